The first kappa shape index (κ1) is 20.1. The number of anilines is 1. The van der Waals surface area contributed by atoms with Gasteiger partial charge in [0.25, 0.3) is 5.56 Å². The number of aromatic nitrogens is 2. The number of nitrogens with one attached hydrogen (secondary N) is 3. The summed E-state index contributed by atoms with van der Waals surface area (Å²) in [6, 6.07) is 5.62. The van der Waals surface area contributed by atoms with Crippen molar-refractivity contribution >= 4 is 29.3 Å². The number of H-pyrrole nitrogens is 1. The number of rotatable bonds is 7. The third-order valence-corrected chi connectivity index (χ3v) is 5.21. The van der Waals surface area contributed by atoms with Crippen molar-refractivity contribution in [3.8, 4) is 0 Å². The number of benzene rings is 1. The average molecular weight is 401 g/mol. The van der Waals surface area contributed by atoms with Crippen LogP contribution >= 0.6 is 11.8 Å². The van der Waals surface area contributed by atoms with Crippen molar-refractivity contribution in [3.63, 3.8) is 0 Å². The molecule has 0 unspecified atom stereocenters. The van der Waals surface area contributed by atoms with Crippen molar-refractivity contribution in [1.29, 1.82) is 0 Å². The van der Waals surface area contributed by atoms with Gasteiger partial charge in [0.15, 0.2) is 5.16 Å². The highest BCUT2D eigenvalue weighted by Gasteiger charge is 2.23. The van der Waals surface area contributed by atoms with Gasteiger partial charge < -0.3 is 15.6 Å². The summed E-state index contributed by atoms with van der Waals surface area (Å²) in [4.78, 5) is 43.0. The van der Waals surface area contributed by atoms with Crippen molar-refractivity contribution in [2.45, 2.75) is 51.2 Å². The van der Waals surface area contributed by atoms with E-state index in [1.807, 2.05) is 32.9 Å². The van der Waals surface area contributed by atoms with E-state index in [2.05, 4.69) is 20.6 Å². The first-order chi connectivity index (χ1) is 13.3. The van der Waals surface area contributed by atoms with Crippen molar-refractivity contribution in [1.82, 2.24) is 15.3 Å². The summed E-state index contributed by atoms with van der Waals surface area (Å²) in [6.07, 6.45) is 2.07. The van der Waals surface area contributed by atoms with Gasteiger partial charge in [0, 0.05) is 17.8 Å². The number of aryl methyl sites for hydroxylation is 3. The first-order valence-corrected chi connectivity index (χ1v) is 10.2. The van der Waals surface area contributed by atoms with E-state index in [1.165, 1.54) is 6.07 Å². The summed E-state index contributed by atoms with van der Waals surface area (Å²) in [7, 11) is 0. The third-order valence-electron chi connectivity index (χ3n) is 4.34. The lowest BCUT2D eigenvalue weighted by atomic mass is 10.1. The second kappa shape index (κ2) is 8.60. The molecule has 0 atom stereocenters. The quantitative estimate of drug-likeness (QED) is 0.488. The van der Waals surface area contributed by atoms with Gasteiger partial charge in [-0.3, -0.25) is 14.4 Å². The standard InChI is InChI=1S/C20H24N4O3S/c1-11-6-12(2)19(13(3)7-11)23-18(27)10-28-20-22-15(9-17(26)24-20)8-16(25)21-14-4-5-14/h6-7,9,14H,4-5,8,10H2,1-3H3,(H,21,25)(H,23,27)(H,22,24,26). The van der Waals surface area contributed by atoms with E-state index < -0.39 is 0 Å². The maximum atomic E-state index is 12.3. The van der Waals surface area contributed by atoms with Crippen LogP contribution in [0, 0.1) is 20.8 Å². The molecule has 1 saturated carbocycles. The molecule has 1 aliphatic carbocycles. The fourth-order valence-electron chi connectivity index (χ4n) is 3.00. The van der Waals surface area contributed by atoms with Crippen molar-refractivity contribution in [3.05, 3.63) is 50.9 Å². The van der Waals surface area contributed by atoms with Gasteiger partial charge in [0.2, 0.25) is 11.8 Å². The van der Waals surface area contributed by atoms with Crippen molar-refractivity contribution in [2.75, 3.05) is 11.1 Å². The number of hydrogen-bond acceptors (Lipinski definition) is 5. The zero-order chi connectivity index (χ0) is 20.3. The Kier molecular flexibility index (Phi) is 6.18. The molecule has 0 bridgehead atoms. The molecule has 1 heterocycles. The predicted octanol–water partition coefficient (Wildman–Crippen LogP) is 2.25. The largest absolute Gasteiger partial charge is 0.353 e. The molecule has 8 heteroatoms. The number of carbonyl (C=O) groups is 2. The molecular weight excluding hydrogens is 376 g/mol. The van der Waals surface area contributed by atoms with Crippen LogP contribution in [0.15, 0.2) is 28.2 Å². The normalized spacial score (nSPS) is 13.2. The molecule has 28 heavy (non-hydrogen) atoms. The number of nitrogens with zero attached hydrogens (tertiary/aromatic N) is 1. The molecule has 148 valence electrons. The summed E-state index contributed by atoms with van der Waals surface area (Å²) >= 11 is 1.13. The third kappa shape index (κ3) is 5.69. The summed E-state index contributed by atoms with van der Waals surface area (Å²) in [5.41, 5.74) is 4.03. The Labute approximate surface area is 167 Å². The Morgan fingerprint density at radius 3 is 2.46 bits per heavy atom. The Hall–Kier alpha value is -2.61. The Balaban J connectivity index is 1.60. The van der Waals surface area contributed by atoms with Crippen molar-refractivity contribution in [2.24, 2.45) is 0 Å². The second-order valence-electron chi connectivity index (χ2n) is 7.17. The Morgan fingerprint density at radius 1 is 1.14 bits per heavy atom. The number of amides is 2. The van der Waals surface area contributed by atoms with E-state index in [4.69, 9.17) is 0 Å². The van der Waals surface area contributed by atoms with Crippen LogP contribution in [0.4, 0.5) is 5.69 Å². The van der Waals surface area contributed by atoms with Crippen molar-refractivity contribution < 1.29 is 9.59 Å². The molecule has 7 nitrogen and oxygen atoms in total. The maximum absolute atomic E-state index is 12.3. The predicted molar refractivity (Wildman–Crippen MR) is 110 cm³/mol. The number of hydrogen-bond donors (Lipinski definition) is 3. The summed E-state index contributed by atoms with van der Waals surface area (Å²) in [6.45, 7) is 5.93. The van der Waals surface area contributed by atoms with Crippen LogP contribution in [-0.2, 0) is 16.0 Å². The van der Waals surface area contributed by atoms with Crippen LogP contribution in [0.25, 0.3) is 0 Å². The number of carbonyl (C=O) groups excluding carboxylic acids is 2. The minimum Gasteiger partial charge on any atom is -0.353 e. The second-order valence-corrected chi connectivity index (χ2v) is 8.14. The van der Waals surface area contributed by atoms with Crippen LogP contribution in [0.1, 0.15) is 35.2 Å². The molecule has 1 aromatic carbocycles. The molecule has 3 rings (SSSR count). The van der Waals surface area contributed by atoms with E-state index in [0.29, 0.717) is 10.9 Å². The fourth-order valence-corrected chi connectivity index (χ4v) is 3.69. The highest BCUT2D eigenvalue weighted by atomic mass is 32.2. The Bertz CT molecular complexity index is 943. The van der Waals surface area contributed by atoms with E-state index in [-0.39, 0.29) is 35.6 Å². The molecule has 0 saturated heterocycles. The fraction of sp³-hybridized carbons (Fsp3) is 0.400. The lowest BCUT2D eigenvalue weighted by Gasteiger charge is -2.12. The molecule has 1 aromatic heterocycles. The maximum Gasteiger partial charge on any atom is 0.251 e. The van der Waals surface area contributed by atoms with E-state index in [0.717, 1.165) is 47.0 Å². The summed E-state index contributed by atoms with van der Waals surface area (Å²) in [5, 5.41) is 6.12. The minimum atomic E-state index is -0.336. The van der Waals surface area contributed by atoms with E-state index in [9.17, 15) is 14.4 Å². The molecule has 1 fully saturated rings. The molecule has 2 amide bonds. The van der Waals surface area contributed by atoms with Gasteiger partial charge in [-0.1, -0.05) is 29.5 Å². The lowest BCUT2D eigenvalue weighted by Crippen LogP contribution is -2.28. The molecule has 3 N–H and O–H groups in total. The highest BCUT2D eigenvalue weighted by Crippen LogP contribution is 2.22. The van der Waals surface area contributed by atoms with Crippen LogP contribution in [0.5, 0.6) is 0 Å². The van der Waals surface area contributed by atoms with E-state index >= 15 is 0 Å². The molecule has 0 aliphatic heterocycles. The van der Waals surface area contributed by atoms with Gasteiger partial charge in [-0.25, -0.2) is 4.98 Å². The van der Waals surface area contributed by atoms with Gasteiger partial charge in [-0.15, -0.1) is 0 Å². The molecule has 0 radical (unpaired) electrons. The average Bonchev–Trinajstić information content (AvgIpc) is 3.39. The van der Waals surface area contributed by atoms with Crippen LogP contribution in [0.2, 0.25) is 0 Å². The number of thioether (sulfide) groups is 1. The van der Waals surface area contributed by atoms with E-state index in [1.54, 1.807) is 0 Å². The van der Waals surface area contributed by atoms with Gasteiger partial charge in [0.05, 0.1) is 17.9 Å². The van der Waals surface area contributed by atoms with Gasteiger partial charge in [-0.2, -0.15) is 0 Å². The minimum absolute atomic E-state index is 0.0575. The lowest BCUT2D eigenvalue weighted by molar-refractivity contribution is -0.120. The Morgan fingerprint density at radius 2 is 1.82 bits per heavy atom. The van der Waals surface area contributed by atoms with Gasteiger partial charge in [0.1, 0.15) is 0 Å². The zero-order valence-corrected chi connectivity index (χ0v) is 17.0. The first-order valence-electron chi connectivity index (χ1n) is 9.20. The monoisotopic (exact) mass is 400 g/mol. The highest BCUT2D eigenvalue weighted by molar-refractivity contribution is 7.99. The topological polar surface area (TPSA) is 104 Å². The van der Waals surface area contributed by atoms with Gasteiger partial charge in [-0.05, 0) is 44.7 Å². The van der Waals surface area contributed by atoms with Crippen LogP contribution < -0.4 is 16.2 Å². The summed E-state index contributed by atoms with van der Waals surface area (Å²) in [5.74, 6) is -0.216. The smallest absolute Gasteiger partial charge is 0.251 e. The number of aromatic amines is 1. The SMILES string of the molecule is Cc1cc(C)c(NC(=O)CSc2nc(CC(=O)NC3CC3)cc(=O)[nH]2)c(C)c1. The zero-order valence-electron chi connectivity index (χ0n) is 16.2. The molecular formula is C20H24N4O3S. The van der Waals surface area contributed by atoms with Crippen LogP contribution in [-0.4, -0.2) is 33.6 Å². The molecule has 2 aromatic rings. The molecule has 0 spiro atoms. The summed E-state index contributed by atoms with van der Waals surface area (Å²) < 4.78 is 0. The van der Waals surface area contributed by atoms with Crippen LogP contribution in [0.3, 0.4) is 0 Å². The van der Waals surface area contributed by atoms with Gasteiger partial charge >= 0.3 is 0 Å². The molecule has 1 aliphatic rings.